The van der Waals surface area contributed by atoms with Gasteiger partial charge in [-0.25, -0.2) is 0 Å². The third-order valence-corrected chi connectivity index (χ3v) is 5.15. The minimum absolute atomic E-state index is 0.198. The fourth-order valence-electron chi connectivity index (χ4n) is 3.68. The quantitative estimate of drug-likeness (QED) is 0.358. The lowest BCUT2D eigenvalue weighted by molar-refractivity contribution is -0.274. The highest BCUT2D eigenvalue weighted by Crippen LogP contribution is 2.32. The molecule has 1 amide bonds. The lowest BCUT2D eigenvalue weighted by Gasteiger charge is -2.16. The van der Waals surface area contributed by atoms with Crippen molar-refractivity contribution >= 4 is 22.5 Å². The summed E-state index contributed by atoms with van der Waals surface area (Å²) in [5.41, 5.74) is 8.68. The largest absolute Gasteiger partial charge is 0.573 e. The van der Waals surface area contributed by atoms with Crippen molar-refractivity contribution in [2.24, 2.45) is 5.73 Å². The topological polar surface area (TPSA) is 93.0 Å². The van der Waals surface area contributed by atoms with Crippen molar-refractivity contribution in [3.05, 3.63) is 78.4 Å². The molecule has 170 valence electrons. The van der Waals surface area contributed by atoms with Crippen LogP contribution in [0.25, 0.3) is 22.2 Å². The molecule has 1 atom stereocenters. The second-order valence-electron chi connectivity index (χ2n) is 7.44. The number of carbonyl (C=O) groups excluding carboxylic acids is 1. The fourth-order valence-corrected chi connectivity index (χ4v) is 3.68. The number of nitrogens with two attached hydrogens (primary N) is 1. The summed E-state index contributed by atoms with van der Waals surface area (Å²) < 4.78 is 41.8. The molecule has 4 rings (SSSR count). The van der Waals surface area contributed by atoms with E-state index in [-0.39, 0.29) is 11.7 Å². The van der Waals surface area contributed by atoms with Crippen LogP contribution in [0.1, 0.15) is 17.9 Å². The summed E-state index contributed by atoms with van der Waals surface area (Å²) in [5.74, 6) is -0.948. The van der Waals surface area contributed by atoms with Gasteiger partial charge in [0.15, 0.2) is 0 Å². The van der Waals surface area contributed by atoms with Gasteiger partial charge in [0.1, 0.15) is 11.4 Å². The van der Waals surface area contributed by atoms with Gasteiger partial charge in [0.05, 0.1) is 11.4 Å². The van der Waals surface area contributed by atoms with Crippen molar-refractivity contribution in [1.82, 2.24) is 10.2 Å². The second-order valence-corrected chi connectivity index (χ2v) is 7.44. The Balaban J connectivity index is 1.62. The molecule has 0 bridgehead atoms. The number of benzene rings is 3. The Morgan fingerprint density at radius 1 is 1.06 bits per heavy atom. The zero-order valence-electron chi connectivity index (χ0n) is 17.4. The van der Waals surface area contributed by atoms with Crippen molar-refractivity contribution in [2.75, 3.05) is 11.9 Å². The molecule has 33 heavy (non-hydrogen) atoms. The van der Waals surface area contributed by atoms with Gasteiger partial charge >= 0.3 is 6.36 Å². The van der Waals surface area contributed by atoms with Crippen LogP contribution in [0.15, 0.2) is 72.8 Å². The molecule has 4 N–H and O–H groups in total. The van der Waals surface area contributed by atoms with Crippen LogP contribution in [0, 0.1) is 0 Å². The van der Waals surface area contributed by atoms with E-state index in [1.165, 1.54) is 18.2 Å². The molecule has 0 radical (unpaired) electrons. The van der Waals surface area contributed by atoms with E-state index in [4.69, 9.17) is 5.73 Å². The summed E-state index contributed by atoms with van der Waals surface area (Å²) in [6, 6.07) is 20.2. The number of H-pyrrole nitrogens is 1. The zero-order chi connectivity index (χ0) is 23.4. The Labute approximate surface area is 187 Å². The van der Waals surface area contributed by atoms with E-state index in [0.29, 0.717) is 40.8 Å². The summed E-state index contributed by atoms with van der Waals surface area (Å²) in [7, 11) is 0. The SMILES string of the molecule is NCCC(C(=O)Nc1ccc2[nH]nc(-c3cccc(OC(F)(F)F)c3)c2c1)c1ccccc1. The molecule has 6 nitrogen and oxygen atoms in total. The smallest absolute Gasteiger partial charge is 0.406 e. The number of nitrogens with one attached hydrogen (secondary N) is 2. The Kier molecular flexibility index (Phi) is 6.32. The molecular formula is C24H21F3N4O2. The maximum atomic E-state index is 13.0. The maximum absolute atomic E-state index is 13.0. The minimum atomic E-state index is -4.79. The molecule has 0 aliphatic carbocycles. The van der Waals surface area contributed by atoms with E-state index in [0.717, 1.165) is 5.56 Å². The summed E-state index contributed by atoms with van der Waals surface area (Å²) in [6.07, 6.45) is -4.30. The number of carbonyl (C=O) groups is 1. The predicted octanol–water partition coefficient (Wildman–Crippen LogP) is 5.20. The number of hydrogen-bond acceptors (Lipinski definition) is 4. The predicted molar refractivity (Wildman–Crippen MR) is 120 cm³/mol. The van der Waals surface area contributed by atoms with Crippen molar-refractivity contribution in [3.63, 3.8) is 0 Å². The highest BCUT2D eigenvalue weighted by atomic mass is 19.4. The van der Waals surface area contributed by atoms with Gasteiger partial charge < -0.3 is 15.8 Å². The van der Waals surface area contributed by atoms with Crippen LogP contribution in [0.4, 0.5) is 18.9 Å². The molecule has 0 aliphatic rings. The highest BCUT2D eigenvalue weighted by molar-refractivity contribution is 6.00. The number of amides is 1. The van der Waals surface area contributed by atoms with Gasteiger partial charge in [-0.1, -0.05) is 42.5 Å². The lowest BCUT2D eigenvalue weighted by atomic mass is 9.94. The third kappa shape index (κ3) is 5.32. The minimum Gasteiger partial charge on any atom is -0.406 e. The second kappa shape index (κ2) is 9.33. The van der Waals surface area contributed by atoms with Crippen LogP contribution < -0.4 is 15.8 Å². The third-order valence-electron chi connectivity index (χ3n) is 5.15. The molecule has 1 unspecified atom stereocenters. The first-order valence-corrected chi connectivity index (χ1v) is 10.2. The molecule has 9 heteroatoms. The van der Waals surface area contributed by atoms with Gasteiger partial charge in [-0.2, -0.15) is 5.10 Å². The zero-order valence-corrected chi connectivity index (χ0v) is 17.4. The van der Waals surface area contributed by atoms with Crippen molar-refractivity contribution in [3.8, 4) is 17.0 Å². The summed E-state index contributed by atoms with van der Waals surface area (Å²) >= 11 is 0. The van der Waals surface area contributed by atoms with Gasteiger partial charge in [0, 0.05) is 16.6 Å². The van der Waals surface area contributed by atoms with Gasteiger partial charge in [0.2, 0.25) is 5.91 Å². The summed E-state index contributed by atoms with van der Waals surface area (Å²) in [5, 5.41) is 10.7. The monoisotopic (exact) mass is 454 g/mol. The van der Waals surface area contributed by atoms with Crippen LogP contribution >= 0.6 is 0 Å². The average Bonchev–Trinajstić information content (AvgIpc) is 3.20. The van der Waals surface area contributed by atoms with E-state index < -0.39 is 12.3 Å². The highest BCUT2D eigenvalue weighted by Gasteiger charge is 2.31. The van der Waals surface area contributed by atoms with Gasteiger partial charge in [-0.15, -0.1) is 13.2 Å². The van der Waals surface area contributed by atoms with Crippen LogP contribution in [0.5, 0.6) is 5.75 Å². The van der Waals surface area contributed by atoms with Crippen molar-refractivity contribution in [2.45, 2.75) is 18.7 Å². The van der Waals surface area contributed by atoms with Crippen molar-refractivity contribution < 1.29 is 22.7 Å². The van der Waals surface area contributed by atoms with Crippen LogP contribution in [-0.2, 0) is 4.79 Å². The molecule has 4 aromatic rings. The van der Waals surface area contributed by atoms with Gasteiger partial charge in [-0.3, -0.25) is 9.89 Å². The molecule has 0 aliphatic heterocycles. The number of rotatable bonds is 7. The number of ether oxygens (including phenoxy) is 1. The number of aromatic amines is 1. The van der Waals surface area contributed by atoms with Crippen LogP contribution in [0.2, 0.25) is 0 Å². The molecule has 3 aromatic carbocycles. The molecular weight excluding hydrogens is 433 g/mol. The molecule has 0 saturated carbocycles. The maximum Gasteiger partial charge on any atom is 0.573 e. The van der Waals surface area contributed by atoms with Crippen molar-refractivity contribution in [1.29, 1.82) is 0 Å². The van der Waals surface area contributed by atoms with E-state index in [1.54, 1.807) is 24.3 Å². The van der Waals surface area contributed by atoms with E-state index in [9.17, 15) is 18.0 Å². The first kappa shape index (κ1) is 22.3. The van der Waals surface area contributed by atoms with E-state index in [2.05, 4.69) is 20.3 Å². The standard InChI is InChI=1S/C24H21F3N4O2/c25-24(26,27)33-18-8-4-7-16(13-18)22-20-14-17(9-10-21(20)30-31-22)29-23(32)19(11-12-28)15-5-2-1-3-6-15/h1-10,13-14,19H,11-12,28H2,(H,29,32)(H,30,31). The number of fused-ring (bicyclic) bond motifs is 1. The number of hydrogen-bond donors (Lipinski definition) is 3. The summed E-state index contributed by atoms with van der Waals surface area (Å²) in [4.78, 5) is 13.0. The number of anilines is 1. The molecule has 1 aromatic heterocycles. The number of nitrogens with zero attached hydrogens (tertiary/aromatic N) is 1. The van der Waals surface area contributed by atoms with Gasteiger partial charge in [0.25, 0.3) is 0 Å². The lowest BCUT2D eigenvalue weighted by Crippen LogP contribution is -2.23. The van der Waals surface area contributed by atoms with E-state index >= 15 is 0 Å². The fraction of sp³-hybridized carbons (Fsp3) is 0.167. The van der Waals surface area contributed by atoms with Gasteiger partial charge in [-0.05, 0) is 48.9 Å². The average molecular weight is 454 g/mol. The Morgan fingerprint density at radius 2 is 1.85 bits per heavy atom. The molecule has 1 heterocycles. The van der Waals surface area contributed by atoms with E-state index in [1.807, 2.05) is 30.3 Å². The molecule has 0 saturated heterocycles. The Hall–Kier alpha value is -3.85. The Bertz CT molecular complexity index is 1260. The molecule has 0 fully saturated rings. The Morgan fingerprint density at radius 3 is 2.58 bits per heavy atom. The van der Waals surface area contributed by atoms with Crippen LogP contribution in [0.3, 0.4) is 0 Å². The number of aromatic nitrogens is 2. The first-order chi connectivity index (χ1) is 15.8. The number of halogens is 3. The summed E-state index contributed by atoms with van der Waals surface area (Å²) in [6.45, 7) is 0.355. The molecule has 0 spiro atoms. The number of alkyl halides is 3. The van der Waals surface area contributed by atoms with Crippen LogP contribution in [-0.4, -0.2) is 29.0 Å². The normalized spacial score (nSPS) is 12.5. The first-order valence-electron chi connectivity index (χ1n) is 10.2.